The summed E-state index contributed by atoms with van der Waals surface area (Å²) in [4.78, 5) is 20.6. The Morgan fingerprint density at radius 2 is 0.315 bits per heavy atom. The van der Waals surface area contributed by atoms with Crippen molar-refractivity contribution < 1.29 is 0 Å². The molecule has 0 saturated heterocycles. The number of unbranched alkanes of at least 4 members (excludes halogenated alkanes) is 1. The Labute approximate surface area is 660 Å². The van der Waals surface area contributed by atoms with Crippen molar-refractivity contribution in [1.82, 2.24) is 0 Å². The normalized spacial score (nSPS) is 10.8. The van der Waals surface area contributed by atoms with Crippen molar-refractivity contribution in [2.24, 2.45) is 0 Å². The van der Waals surface area contributed by atoms with E-state index < -0.39 is 0 Å². The van der Waals surface area contributed by atoms with Crippen molar-refractivity contribution in [1.29, 1.82) is 0 Å². The largest absolute Gasteiger partial charge is 0.166 e. The van der Waals surface area contributed by atoms with Crippen LogP contribution in [0.25, 0.3) is 0 Å². The van der Waals surface area contributed by atoms with Gasteiger partial charge in [-0.25, -0.2) is 0 Å². The lowest BCUT2D eigenvalue weighted by Gasteiger charge is -2.09. The van der Waals surface area contributed by atoms with E-state index in [1.54, 1.807) is 0 Å². The summed E-state index contributed by atoms with van der Waals surface area (Å²) in [5.41, 5.74) is 9.48. The fourth-order valence-electron chi connectivity index (χ4n) is 12.3. The van der Waals surface area contributed by atoms with Crippen molar-refractivity contribution in [3.63, 3.8) is 0 Å². The van der Waals surface area contributed by atoms with Crippen molar-refractivity contribution >= 4 is 54.5 Å². The van der Waals surface area contributed by atoms with Gasteiger partial charge in [-0.3, -0.25) is 0 Å². The first-order valence-electron chi connectivity index (χ1n) is 37.8. The van der Waals surface area contributed by atoms with Crippen LogP contribution >= 0.6 is 0 Å². The maximum Gasteiger partial charge on any atom is 0.166 e. The molecule has 15 aromatic rings. The molecule has 0 N–H and O–H groups in total. The second kappa shape index (κ2) is 42.6. The monoisotopic (exact) mass is 1500 g/mol. The first kappa shape index (κ1) is 79.1. The molecule has 0 aromatic heterocycles. The molecule has 0 aliphatic carbocycles. The molecule has 0 spiro atoms. The van der Waals surface area contributed by atoms with Gasteiger partial charge in [0.05, 0.1) is 54.5 Å². The molecule has 0 aliphatic rings. The van der Waals surface area contributed by atoms with Crippen molar-refractivity contribution in [2.75, 3.05) is 0 Å². The molecule has 0 bridgehead atoms. The topological polar surface area (TPSA) is 0 Å². The highest BCUT2D eigenvalue weighted by Crippen LogP contribution is 2.37. The van der Waals surface area contributed by atoms with Gasteiger partial charge in [0.15, 0.2) is 73.4 Å². The number of benzene rings is 15. The minimum Gasteiger partial charge on any atom is -0.0654 e. The second-order valence-electron chi connectivity index (χ2n) is 26.4. The Kier molecular flexibility index (Phi) is 31.2. The van der Waals surface area contributed by atoms with E-state index in [0.717, 1.165) is 12.8 Å². The van der Waals surface area contributed by atoms with Crippen LogP contribution in [0.1, 0.15) is 79.0 Å². The zero-order valence-electron chi connectivity index (χ0n) is 63.5. The van der Waals surface area contributed by atoms with Gasteiger partial charge in [0.25, 0.3) is 0 Å². The van der Waals surface area contributed by atoms with Crippen LogP contribution in [-0.4, -0.2) is 0 Å². The molecule has 0 amide bonds. The van der Waals surface area contributed by atoms with Crippen molar-refractivity contribution in [3.05, 3.63) is 451 Å². The summed E-state index contributed by atoms with van der Waals surface area (Å²) >= 11 is 0. The number of rotatable bonds is 21. The minimum absolute atomic E-state index is 0.0229. The van der Waals surface area contributed by atoms with Gasteiger partial charge >= 0.3 is 0 Å². The Hall–Kier alpha value is -9.95. The summed E-state index contributed by atoms with van der Waals surface area (Å²) in [5, 5.41) is 0. The van der Waals surface area contributed by atoms with E-state index in [1.807, 2.05) is 0 Å². The van der Waals surface area contributed by atoms with E-state index >= 15 is 0 Å². The molecule has 538 valence electrons. The average molecular weight is 1500 g/mol. The molecule has 0 nitrogen and oxygen atoms in total. The van der Waals surface area contributed by atoms with Crippen LogP contribution in [0.4, 0.5) is 0 Å². The molecule has 0 unspecified atom stereocenters. The zero-order valence-corrected chi connectivity index (χ0v) is 67.6. The molecular weight excluding hydrogens is 1400 g/mol. The minimum atomic E-state index is -0.0394. The second-order valence-corrected chi connectivity index (χ2v) is 36.6. The van der Waals surface area contributed by atoms with Crippen LogP contribution in [0.5, 0.6) is 0 Å². The molecule has 0 heterocycles. The van der Waals surface area contributed by atoms with E-state index in [-0.39, 0.29) is 54.5 Å². The van der Waals surface area contributed by atoms with Gasteiger partial charge in [-0.2, -0.15) is 0 Å². The van der Waals surface area contributed by atoms with Crippen LogP contribution in [-0.2, 0) is 73.7 Å². The van der Waals surface area contributed by atoms with Crippen LogP contribution in [0.2, 0.25) is 0 Å². The fourth-order valence-corrected chi connectivity index (χ4v) is 22.7. The predicted molar refractivity (Wildman–Crippen MR) is 468 cm³/mol. The highest BCUT2D eigenvalue weighted by atomic mass is 32.2. The third-order valence-electron chi connectivity index (χ3n) is 18.1. The highest BCUT2D eigenvalue weighted by molar-refractivity contribution is 7.98. The van der Waals surface area contributed by atoms with Gasteiger partial charge in [0.1, 0.15) is 0 Å². The predicted octanol–water partition coefficient (Wildman–Crippen LogP) is 28.0. The van der Waals surface area contributed by atoms with Gasteiger partial charge in [0, 0.05) is 0 Å². The third-order valence-corrected chi connectivity index (χ3v) is 29.3. The van der Waals surface area contributed by atoms with E-state index in [4.69, 9.17) is 0 Å². The maximum absolute atomic E-state index is 2.31. The van der Waals surface area contributed by atoms with Gasteiger partial charge in [-0.15, -0.1) is 0 Å². The molecule has 0 fully saturated rings. The zero-order chi connectivity index (χ0) is 74.9. The van der Waals surface area contributed by atoms with Gasteiger partial charge in [-0.1, -0.05) is 286 Å². The molecule has 108 heavy (non-hydrogen) atoms. The molecule has 15 aromatic carbocycles. The number of hydrogen-bond donors (Lipinski definition) is 0. The van der Waals surface area contributed by atoms with E-state index in [1.165, 1.54) is 138 Å². The van der Waals surface area contributed by atoms with Crippen LogP contribution < -0.4 is 0 Å². The third kappa shape index (κ3) is 23.3. The first-order chi connectivity index (χ1) is 53.1. The van der Waals surface area contributed by atoms with Crippen molar-refractivity contribution in [2.45, 2.75) is 160 Å². The van der Waals surface area contributed by atoms with E-state index in [9.17, 15) is 0 Å². The number of hydrogen-bond acceptors (Lipinski definition) is 0. The summed E-state index contributed by atoms with van der Waals surface area (Å²) in [6.07, 6.45) is 7.14. The van der Waals surface area contributed by atoms with Crippen LogP contribution in [0.3, 0.4) is 0 Å². The Bertz CT molecular complexity index is 4690. The SMILES string of the molecule is CCCCc1ccc([S+](c2ccccc2)c2ccccc2)cc1.CCCc1ccc([S+](c2ccccc2)c2ccccc2)cc1.CCc1ccc([S+](c2ccccc2)c2ccccc2)cc1.Cc1ccc([S+](c2ccc(C)cc2)c2ccc(C)cc2)cc1.Cc1ccc([S+](c2ccccc2)c2ccccc2)cc1. The van der Waals surface area contributed by atoms with E-state index in [2.05, 4.69) is 461 Å². The first-order valence-corrected chi connectivity index (χ1v) is 43.9. The Morgan fingerprint density at radius 1 is 0.157 bits per heavy atom. The standard InChI is InChI=1S/C22H23S.2C21H21S.C20H19S.C19H17S/c1-2-3-10-19-15-17-22(18-16-19)23(20-11-6-4-7-12-20)21-13-8-5-9-14-21;1-16-4-10-19(11-5-16)22(20-12-6-17(2)7-13-20)21-14-8-18(3)9-15-21;1-2-9-18-14-16-21(17-15-18)22(19-10-5-3-6-11-19)20-12-7-4-8-13-20;1-2-17-13-15-20(16-14-17)21(18-9-5-3-6-10-18)19-11-7-4-8-12-19;1-16-12-14-19(15-13-16)20(17-8-4-2-5-9-17)18-10-6-3-7-11-18/h4-9,11-18H,2-3,10H2,1H3;4-15H,1-3H3;3-8,10-17H,2,9H2,1H3;3-16H,2H2,1H3;2-15H,1H3/q5*+1. The molecule has 15 rings (SSSR count). The lowest BCUT2D eigenvalue weighted by molar-refractivity contribution is 0.794. The highest BCUT2D eigenvalue weighted by Gasteiger charge is 2.33. The summed E-state index contributed by atoms with van der Waals surface area (Å²) in [6, 6.07) is 149. The average Bonchev–Trinajstić information content (AvgIpc) is 0.838. The Morgan fingerprint density at radius 3 is 0.481 bits per heavy atom. The molecular formula is C103H101S5+5. The summed E-state index contributed by atoms with van der Waals surface area (Å²) in [6.45, 7) is 15.2. The van der Waals surface area contributed by atoms with Crippen molar-refractivity contribution in [3.8, 4) is 0 Å². The van der Waals surface area contributed by atoms with Gasteiger partial charge in [0.2, 0.25) is 0 Å². The molecule has 0 aliphatic heterocycles. The lowest BCUT2D eigenvalue weighted by atomic mass is 10.1. The van der Waals surface area contributed by atoms with Gasteiger partial charge < -0.3 is 0 Å². The Balaban J connectivity index is 0.000000134. The van der Waals surface area contributed by atoms with E-state index in [0.29, 0.717) is 0 Å². The summed E-state index contributed by atoms with van der Waals surface area (Å²) in [7, 11) is -0.143. The molecule has 0 atom stereocenters. The van der Waals surface area contributed by atoms with Crippen LogP contribution in [0.15, 0.2) is 486 Å². The summed E-state index contributed by atoms with van der Waals surface area (Å²) in [5.74, 6) is 0. The lowest BCUT2D eigenvalue weighted by Crippen LogP contribution is -2.04. The smallest absolute Gasteiger partial charge is 0.0654 e. The molecule has 0 saturated carbocycles. The summed E-state index contributed by atoms with van der Waals surface area (Å²) < 4.78 is 0. The molecule has 0 radical (unpaired) electrons. The van der Waals surface area contributed by atoms with Crippen LogP contribution in [0, 0.1) is 27.7 Å². The quantitative estimate of drug-likeness (QED) is 0.0629. The number of aryl methyl sites for hydroxylation is 7. The van der Waals surface area contributed by atoms with Gasteiger partial charge in [-0.05, 0) is 252 Å². The fraction of sp³-hybridized carbons (Fsp3) is 0.126. The maximum atomic E-state index is 2.31. The molecule has 5 heteroatoms.